The molecule has 0 saturated carbocycles. The van der Waals surface area contributed by atoms with E-state index in [1.54, 1.807) is 6.08 Å². The zero-order chi connectivity index (χ0) is 8.43. The van der Waals surface area contributed by atoms with Gasteiger partial charge in [0.1, 0.15) is 0 Å². The van der Waals surface area contributed by atoms with E-state index in [0.29, 0.717) is 6.42 Å². The van der Waals surface area contributed by atoms with Gasteiger partial charge in [-0.3, -0.25) is 9.59 Å². The molecule has 1 aliphatic carbocycles. The van der Waals surface area contributed by atoms with Crippen molar-refractivity contribution in [3.8, 4) is 0 Å². The van der Waals surface area contributed by atoms with Gasteiger partial charge in [0.25, 0.3) is 0 Å². The fourth-order valence-electron chi connectivity index (χ4n) is 1.32. The van der Waals surface area contributed by atoms with Crippen molar-refractivity contribution in [3.63, 3.8) is 0 Å². The predicted molar refractivity (Wildman–Crippen MR) is 40.7 cm³/mol. The highest BCUT2D eigenvalue weighted by molar-refractivity contribution is 5.97. The van der Waals surface area contributed by atoms with Crippen LogP contribution in [0.5, 0.6) is 0 Å². The monoisotopic (exact) mass is 153 g/mol. The average molecular weight is 153 g/mol. The van der Waals surface area contributed by atoms with Crippen molar-refractivity contribution in [1.29, 1.82) is 0 Å². The molecule has 0 aliphatic heterocycles. The summed E-state index contributed by atoms with van der Waals surface area (Å²) in [6, 6.07) is 0. The summed E-state index contributed by atoms with van der Waals surface area (Å²) < 4.78 is 0. The van der Waals surface area contributed by atoms with Crippen LogP contribution in [0, 0.1) is 5.92 Å². The second kappa shape index (κ2) is 2.86. The molecule has 1 rings (SSSR count). The standard InChI is InChI=1S/C8H11NO2/c1-5-2-6(4-8(9)11)7(10)3-5/h3,6H,2,4H2,1H3,(H2,9,11). The van der Waals surface area contributed by atoms with Gasteiger partial charge in [0.05, 0.1) is 0 Å². The van der Waals surface area contributed by atoms with Gasteiger partial charge in [-0.2, -0.15) is 0 Å². The van der Waals surface area contributed by atoms with Gasteiger partial charge in [-0.15, -0.1) is 0 Å². The number of primary amides is 1. The van der Waals surface area contributed by atoms with E-state index in [0.717, 1.165) is 5.57 Å². The Kier molecular flexibility index (Phi) is 2.08. The fourth-order valence-corrected chi connectivity index (χ4v) is 1.32. The van der Waals surface area contributed by atoms with Crippen molar-refractivity contribution < 1.29 is 9.59 Å². The predicted octanol–water partition coefficient (Wildman–Crippen LogP) is 0.397. The van der Waals surface area contributed by atoms with Crippen LogP contribution in [0.2, 0.25) is 0 Å². The Hall–Kier alpha value is -1.12. The quantitative estimate of drug-likeness (QED) is 0.624. The summed E-state index contributed by atoms with van der Waals surface area (Å²) in [4.78, 5) is 21.5. The zero-order valence-corrected chi connectivity index (χ0v) is 6.46. The number of amides is 1. The van der Waals surface area contributed by atoms with Gasteiger partial charge in [0, 0.05) is 12.3 Å². The van der Waals surface area contributed by atoms with Crippen LogP contribution < -0.4 is 5.73 Å². The minimum Gasteiger partial charge on any atom is -0.370 e. The smallest absolute Gasteiger partial charge is 0.218 e. The maximum Gasteiger partial charge on any atom is 0.218 e. The highest BCUT2D eigenvalue weighted by Gasteiger charge is 2.24. The molecule has 11 heavy (non-hydrogen) atoms. The summed E-state index contributed by atoms with van der Waals surface area (Å²) in [5.41, 5.74) is 6.01. The van der Waals surface area contributed by atoms with Crippen molar-refractivity contribution in [2.45, 2.75) is 19.8 Å². The molecule has 60 valence electrons. The second-order valence-corrected chi connectivity index (χ2v) is 2.96. The van der Waals surface area contributed by atoms with E-state index >= 15 is 0 Å². The number of ketones is 1. The Balaban J connectivity index is 2.53. The highest BCUT2D eigenvalue weighted by atomic mass is 16.1. The lowest BCUT2D eigenvalue weighted by molar-refractivity contribution is -0.124. The summed E-state index contributed by atoms with van der Waals surface area (Å²) in [7, 11) is 0. The van der Waals surface area contributed by atoms with E-state index in [-0.39, 0.29) is 18.1 Å². The molecule has 1 unspecified atom stereocenters. The second-order valence-electron chi connectivity index (χ2n) is 2.96. The van der Waals surface area contributed by atoms with Gasteiger partial charge in [-0.1, -0.05) is 5.57 Å². The lowest BCUT2D eigenvalue weighted by atomic mass is 10.0. The summed E-state index contributed by atoms with van der Waals surface area (Å²) in [5.74, 6) is -0.528. The lowest BCUT2D eigenvalue weighted by Gasteiger charge is -2.03. The first-order chi connectivity index (χ1) is 5.09. The van der Waals surface area contributed by atoms with Crippen LogP contribution in [-0.2, 0) is 9.59 Å². The molecule has 0 spiro atoms. The van der Waals surface area contributed by atoms with Gasteiger partial charge in [-0.05, 0) is 19.4 Å². The highest BCUT2D eigenvalue weighted by Crippen LogP contribution is 2.23. The summed E-state index contributed by atoms with van der Waals surface area (Å²) >= 11 is 0. The van der Waals surface area contributed by atoms with Crippen LogP contribution in [0.1, 0.15) is 19.8 Å². The van der Waals surface area contributed by atoms with Crippen LogP contribution in [0.4, 0.5) is 0 Å². The van der Waals surface area contributed by atoms with E-state index < -0.39 is 5.91 Å². The largest absolute Gasteiger partial charge is 0.370 e. The first-order valence-electron chi connectivity index (χ1n) is 3.59. The molecule has 0 saturated heterocycles. The van der Waals surface area contributed by atoms with Crippen molar-refractivity contribution in [2.75, 3.05) is 0 Å². The maximum atomic E-state index is 11.0. The Labute approximate surface area is 65.3 Å². The molecule has 1 aliphatic rings. The number of rotatable bonds is 2. The number of allylic oxidation sites excluding steroid dienone is 2. The molecule has 0 fully saturated rings. The zero-order valence-electron chi connectivity index (χ0n) is 6.46. The minimum atomic E-state index is -0.397. The number of hydrogen-bond acceptors (Lipinski definition) is 2. The molecule has 0 aromatic heterocycles. The molecule has 0 heterocycles. The third-order valence-electron chi connectivity index (χ3n) is 1.81. The van der Waals surface area contributed by atoms with Gasteiger partial charge in [-0.25, -0.2) is 0 Å². The minimum absolute atomic E-state index is 0.0429. The molecule has 0 aromatic carbocycles. The maximum absolute atomic E-state index is 11.0. The summed E-state index contributed by atoms with van der Waals surface area (Å²) in [5, 5.41) is 0. The molecule has 1 amide bonds. The molecule has 0 aromatic rings. The van der Waals surface area contributed by atoms with Crippen molar-refractivity contribution >= 4 is 11.7 Å². The number of carbonyl (C=O) groups is 2. The third kappa shape index (κ3) is 1.90. The van der Waals surface area contributed by atoms with Crippen LogP contribution in [0.3, 0.4) is 0 Å². The lowest BCUT2D eigenvalue weighted by Crippen LogP contribution is -2.19. The summed E-state index contributed by atoms with van der Waals surface area (Å²) in [6.07, 6.45) is 2.47. The first-order valence-corrected chi connectivity index (χ1v) is 3.59. The van der Waals surface area contributed by atoms with Gasteiger partial charge >= 0.3 is 0 Å². The molecule has 2 N–H and O–H groups in total. The molecule has 3 nitrogen and oxygen atoms in total. The number of nitrogens with two attached hydrogens (primary N) is 1. The van der Waals surface area contributed by atoms with Crippen molar-refractivity contribution in [3.05, 3.63) is 11.6 Å². The normalized spacial score (nSPS) is 23.5. The molecular weight excluding hydrogens is 142 g/mol. The molecule has 0 radical (unpaired) electrons. The molecule has 1 atom stereocenters. The van der Waals surface area contributed by atoms with Crippen LogP contribution in [0.15, 0.2) is 11.6 Å². The van der Waals surface area contributed by atoms with Gasteiger partial charge < -0.3 is 5.73 Å². The Bertz CT molecular complexity index is 230. The Morgan fingerprint density at radius 2 is 2.45 bits per heavy atom. The van der Waals surface area contributed by atoms with E-state index in [4.69, 9.17) is 5.73 Å². The van der Waals surface area contributed by atoms with Gasteiger partial charge in [0.15, 0.2) is 5.78 Å². The number of hydrogen-bond donors (Lipinski definition) is 1. The topological polar surface area (TPSA) is 60.2 Å². The number of carbonyl (C=O) groups excluding carboxylic acids is 2. The van der Waals surface area contributed by atoms with E-state index in [9.17, 15) is 9.59 Å². The van der Waals surface area contributed by atoms with E-state index in [1.807, 2.05) is 6.92 Å². The summed E-state index contributed by atoms with van der Waals surface area (Å²) in [6.45, 7) is 1.89. The Morgan fingerprint density at radius 3 is 2.82 bits per heavy atom. The van der Waals surface area contributed by atoms with Crippen LogP contribution in [0.25, 0.3) is 0 Å². The third-order valence-corrected chi connectivity index (χ3v) is 1.81. The van der Waals surface area contributed by atoms with Gasteiger partial charge in [0.2, 0.25) is 5.91 Å². The van der Waals surface area contributed by atoms with Crippen molar-refractivity contribution in [2.24, 2.45) is 11.7 Å². The average Bonchev–Trinajstić information content (AvgIpc) is 2.09. The van der Waals surface area contributed by atoms with E-state index in [1.165, 1.54) is 0 Å². The molecular formula is C8H11NO2. The first kappa shape index (κ1) is 7.98. The van der Waals surface area contributed by atoms with Crippen molar-refractivity contribution in [1.82, 2.24) is 0 Å². The SMILES string of the molecule is CC1=CC(=O)C(CC(N)=O)C1. The molecule has 0 bridgehead atoms. The van der Waals surface area contributed by atoms with Crippen LogP contribution >= 0.6 is 0 Å². The Morgan fingerprint density at radius 1 is 1.82 bits per heavy atom. The van der Waals surface area contributed by atoms with E-state index in [2.05, 4.69) is 0 Å². The fraction of sp³-hybridized carbons (Fsp3) is 0.500. The van der Waals surface area contributed by atoms with Crippen LogP contribution in [-0.4, -0.2) is 11.7 Å². The molecule has 3 heteroatoms.